The number of likely N-dealkylation sites (N-methyl/N-ethyl adjacent to an activating group) is 1. The van der Waals surface area contributed by atoms with E-state index in [1.807, 2.05) is 6.92 Å². The maximum absolute atomic E-state index is 13.7. The Morgan fingerprint density at radius 2 is 1.85 bits per heavy atom. The van der Waals surface area contributed by atoms with Crippen LogP contribution in [-0.2, 0) is 10.0 Å². The number of hydrogen-bond donors (Lipinski definition) is 3. The molecule has 3 N–H and O–H groups in total. The Bertz CT molecular complexity index is 1280. The van der Waals surface area contributed by atoms with Crippen LogP contribution in [0.25, 0.3) is 0 Å². The topological polar surface area (TPSA) is 128 Å². The van der Waals surface area contributed by atoms with Crippen LogP contribution in [-0.4, -0.2) is 79.6 Å². The van der Waals surface area contributed by atoms with Crippen molar-refractivity contribution < 1.29 is 27.9 Å². The van der Waals surface area contributed by atoms with Crippen molar-refractivity contribution >= 4 is 27.6 Å². The number of rotatable bonds is 8. The molecular formula is C29H40N4O6S. The van der Waals surface area contributed by atoms with Gasteiger partial charge >= 0.3 is 6.03 Å². The van der Waals surface area contributed by atoms with Gasteiger partial charge in [-0.05, 0) is 50.1 Å². The Labute approximate surface area is 236 Å². The third kappa shape index (κ3) is 6.94. The summed E-state index contributed by atoms with van der Waals surface area (Å²) in [4.78, 5) is 28.1. The predicted octanol–water partition coefficient (Wildman–Crippen LogP) is 3.68. The Morgan fingerprint density at radius 3 is 2.52 bits per heavy atom. The molecule has 0 bridgehead atoms. The smallest absolute Gasteiger partial charge is 0.319 e. The van der Waals surface area contributed by atoms with E-state index >= 15 is 0 Å². The number of carbonyl (C=O) groups is 2. The van der Waals surface area contributed by atoms with Crippen molar-refractivity contribution in [3.8, 4) is 5.75 Å². The molecule has 1 heterocycles. The second-order valence-electron chi connectivity index (χ2n) is 10.9. The molecule has 1 saturated carbocycles. The van der Waals surface area contributed by atoms with Crippen molar-refractivity contribution in [2.24, 2.45) is 5.92 Å². The SMILES string of the molecule is C[C@H](CO)N1C[C@H](C)[C@@H](CN(C)S(=O)(=O)c2ccccc2)Oc2ccc(NC(=O)NC3CCCCC3)cc2C1=O. The van der Waals surface area contributed by atoms with E-state index in [1.165, 1.54) is 17.8 Å². The zero-order chi connectivity index (χ0) is 28.9. The highest BCUT2D eigenvalue weighted by Gasteiger charge is 2.35. The second-order valence-corrected chi connectivity index (χ2v) is 12.9. The number of fused-ring (bicyclic) bond motifs is 1. The maximum Gasteiger partial charge on any atom is 0.319 e. The average molecular weight is 573 g/mol. The highest BCUT2D eigenvalue weighted by Crippen LogP contribution is 2.31. The van der Waals surface area contributed by atoms with Gasteiger partial charge in [-0.3, -0.25) is 4.79 Å². The third-order valence-corrected chi connectivity index (χ3v) is 9.59. The molecular weight excluding hydrogens is 532 g/mol. The highest BCUT2D eigenvalue weighted by molar-refractivity contribution is 7.89. The van der Waals surface area contributed by atoms with E-state index in [9.17, 15) is 23.1 Å². The largest absolute Gasteiger partial charge is 0.488 e. The van der Waals surface area contributed by atoms with Crippen molar-refractivity contribution in [1.29, 1.82) is 0 Å². The molecule has 4 rings (SSSR count). The predicted molar refractivity (Wildman–Crippen MR) is 153 cm³/mol. The van der Waals surface area contributed by atoms with Crippen LogP contribution in [0, 0.1) is 5.92 Å². The minimum atomic E-state index is -3.76. The van der Waals surface area contributed by atoms with Gasteiger partial charge in [0.1, 0.15) is 11.9 Å². The molecule has 3 atom stereocenters. The fourth-order valence-electron chi connectivity index (χ4n) is 5.24. The van der Waals surface area contributed by atoms with Crippen LogP contribution in [0.1, 0.15) is 56.3 Å². The lowest BCUT2D eigenvalue weighted by molar-refractivity contribution is 0.0387. The van der Waals surface area contributed by atoms with Crippen LogP contribution in [0.15, 0.2) is 53.4 Å². The minimum Gasteiger partial charge on any atom is -0.488 e. The molecule has 2 aliphatic rings. The van der Waals surface area contributed by atoms with Gasteiger partial charge in [0, 0.05) is 31.2 Å². The maximum atomic E-state index is 13.7. The van der Waals surface area contributed by atoms with E-state index in [0.29, 0.717) is 11.4 Å². The quantitative estimate of drug-likeness (QED) is 0.443. The molecule has 1 aliphatic carbocycles. The number of aliphatic hydroxyl groups excluding tert-OH is 1. The van der Waals surface area contributed by atoms with Gasteiger partial charge in [-0.2, -0.15) is 4.31 Å². The number of nitrogens with one attached hydrogen (secondary N) is 2. The Hall–Kier alpha value is -3.15. The molecule has 218 valence electrons. The zero-order valence-corrected chi connectivity index (χ0v) is 24.2. The van der Waals surface area contributed by atoms with Gasteiger partial charge in [0.2, 0.25) is 10.0 Å². The summed E-state index contributed by atoms with van der Waals surface area (Å²) < 4.78 is 34.0. The summed E-state index contributed by atoms with van der Waals surface area (Å²) >= 11 is 0. The van der Waals surface area contributed by atoms with Gasteiger partial charge < -0.3 is 25.4 Å². The number of urea groups is 1. The fourth-order valence-corrected chi connectivity index (χ4v) is 6.45. The summed E-state index contributed by atoms with van der Waals surface area (Å²) in [6.45, 7) is 3.73. The number of ether oxygens (including phenoxy) is 1. The van der Waals surface area contributed by atoms with Crippen LogP contribution in [0.5, 0.6) is 5.75 Å². The average Bonchev–Trinajstić information content (AvgIpc) is 2.95. The first-order valence-electron chi connectivity index (χ1n) is 13.9. The first-order valence-corrected chi connectivity index (χ1v) is 15.4. The van der Waals surface area contributed by atoms with Gasteiger partial charge in [0.05, 0.1) is 29.7 Å². The van der Waals surface area contributed by atoms with Gasteiger partial charge in [-0.15, -0.1) is 0 Å². The summed E-state index contributed by atoms with van der Waals surface area (Å²) in [5.41, 5.74) is 0.677. The minimum absolute atomic E-state index is 0.0527. The van der Waals surface area contributed by atoms with Gasteiger partial charge in [-0.1, -0.05) is 44.4 Å². The molecule has 3 amide bonds. The van der Waals surface area contributed by atoms with Gasteiger partial charge in [0.25, 0.3) is 5.91 Å². The molecule has 1 fully saturated rings. The second kappa shape index (κ2) is 13.0. The summed E-state index contributed by atoms with van der Waals surface area (Å²) in [6, 6.07) is 12.4. The lowest BCUT2D eigenvalue weighted by Gasteiger charge is -2.38. The zero-order valence-electron chi connectivity index (χ0n) is 23.4. The number of nitrogens with zero attached hydrogens (tertiary/aromatic N) is 2. The van der Waals surface area contributed by atoms with Crippen molar-refractivity contribution in [2.75, 3.05) is 32.1 Å². The number of benzene rings is 2. The van der Waals surface area contributed by atoms with E-state index in [-0.39, 0.29) is 54.1 Å². The van der Waals surface area contributed by atoms with Crippen molar-refractivity contribution in [3.05, 3.63) is 54.1 Å². The molecule has 0 aromatic heterocycles. The molecule has 0 saturated heterocycles. The molecule has 0 spiro atoms. The van der Waals surface area contributed by atoms with E-state index in [4.69, 9.17) is 4.74 Å². The van der Waals surface area contributed by atoms with Gasteiger partial charge in [-0.25, -0.2) is 13.2 Å². The van der Waals surface area contributed by atoms with E-state index < -0.39 is 22.2 Å². The number of carbonyl (C=O) groups excluding carboxylic acids is 2. The number of aliphatic hydroxyl groups is 1. The van der Waals surface area contributed by atoms with Crippen molar-refractivity contribution in [3.63, 3.8) is 0 Å². The van der Waals surface area contributed by atoms with Crippen LogP contribution in [0.4, 0.5) is 10.5 Å². The van der Waals surface area contributed by atoms with Crippen LogP contribution < -0.4 is 15.4 Å². The standard InChI is InChI=1S/C29H40N4O6S/c1-20-17-33(21(2)19-34)28(35)25-16-23(31-29(36)30-22-10-6-4-7-11-22)14-15-26(25)39-27(20)18-32(3)40(37,38)24-12-8-5-9-13-24/h5,8-9,12-16,20-22,27,34H,4,6-7,10-11,17-19H2,1-3H3,(H2,30,31,36)/t20-,21+,27+/m0/s1. The monoisotopic (exact) mass is 572 g/mol. The summed E-state index contributed by atoms with van der Waals surface area (Å²) in [5.74, 6) is -0.289. The van der Waals surface area contributed by atoms with Crippen LogP contribution >= 0.6 is 0 Å². The Balaban J connectivity index is 1.59. The molecule has 0 radical (unpaired) electrons. The van der Waals surface area contributed by atoms with Crippen molar-refractivity contribution in [1.82, 2.24) is 14.5 Å². The molecule has 40 heavy (non-hydrogen) atoms. The summed E-state index contributed by atoms with van der Waals surface area (Å²) in [6.07, 6.45) is 4.68. The van der Waals surface area contributed by atoms with Crippen LogP contribution in [0.3, 0.4) is 0 Å². The molecule has 0 unspecified atom stereocenters. The molecule has 10 nitrogen and oxygen atoms in total. The Morgan fingerprint density at radius 1 is 1.15 bits per heavy atom. The first kappa shape index (κ1) is 29.8. The van der Waals surface area contributed by atoms with Crippen LogP contribution in [0.2, 0.25) is 0 Å². The fraction of sp³-hybridized carbons (Fsp3) is 0.517. The van der Waals surface area contributed by atoms with Crippen molar-refractivity contribution in [2.45, 2.75) is 69.0 Å². The molecule has 2 aromatic carbocycles. The number of sulfonamides is 1. The normalized spacial score (nSPS) is 21.1. The molecule has 1 aliphatic heterocycles. The summed E-state index contributed by atoms with van der Waals surface area (Å²) in [5, 5.41) is 15.7. The summed E-state index contributed by atoms with van der Waals surface area (Å²) in [7, 11) is -2.25. The number of hydrogen-bond acceptors (Lipinski definition) is 6. The lowest BCUT2D eigenvalue weighted by Crippen LogP contribution is -2.50. The van der Waals surface area contributed by atoms with E-state index in [1.54, 1.807) is 60.4 Å². The molecule has 11 heteroatoms. The third-order valence-electron chi connectivity index (χ3n) is 7.75. The first-order chi connectivity index (χ1) is 19.1. The van der Waals surface area contributed by atoms with E-state index in [0.717, 1.165) is 25.7 Å². The number of amides is 3. The lowest BCUT2D eigenvalue weighted by atomic mass is 9.96. The van der Waals surface area contributed by atoms with Gasteiger partial charge in [0.15, 0.2) is 0 Å². The molecule has 2 aromatic rings. The van der Waals surface area contributed by atoms with E-state index in [2.05, 4.69) is 10.6 Å². The Kier molecular flexibility index (Phi) is 9.70. The number of anilines is 1. The highest BCUT2D eigenvalue weighted by atomic mass is 32.2.